The molecule has 0 aliphatic heterocycles. The first kappa shape index (κ1) is 15.7. The monoisotopic (exact) mass is 322 g/mol. The molecule has 6 nitrogen and oxygen atoms in total. The minimum atomic E-state index is -0.979. The average Bonchev–Trinajstić information content (AvgIpc) is 2.97. The molecular formula is C18H18N4O2. The van der Waals surface area contributed by atoms with Crippen LogP contribution >= 0.6 is 0 Å². The maximum atomic E-state index is 12.5. The van der Waals surface area contributed by atoms with Gasteiger partial charge in [-0.2, -0.15) is 0 Å². The van der Waals surface area contributed by atoms with Gasteiger partial charge in [-0.3, -0.25) is 14.6 Å². The van der Waals surface area contributed by atoms with Gasteiger partial charge in [0, 0.05) is 17.1 Å². The molecule has 2 amide bonds. The van der Waals surface area contributed by atoms with Crippen molar-refractivity contribution >= 4 is 22.7 Å². The van der Waals surface area contributed by atoms with Crippen LogP contribution in [0, 0.1) is 13.8 Å². The number of fused-ring (bicyclic) bond motifs is 1. The van der Waals surface area contributed by atoms with E-state index in [9.17, 15) is 9.59 Å². The molecule has 1 atom stereocenters. The van der Waals surface area contributed by atoms with Crippen molar-refractivity contribution in [2.75, 3.05) is 0 Å². The van der Waals surface area contributed by atoms with Crippen molar-refractivity contribution in [1.82, 2.24) is 15.3 Å². The number of nitrogens with zero attached hydrogens (tertiary/aromatic N) is 1. The molecule has 0 aliphatic rings. The number of aromatic amines is 1. The van der Waals surface area contributed by atoms with E-state index in [4.69, 9.17) is 5.73 Å². The summed E-state index contributed by atoms with van der Waals surface area (Å²) >= 11 is 0. The summed E-state index contributed by atoms with van der Waals surface area (Å²) in [4.78, 5) is 31.4. The number of rotatable bonds is 4. The molecule has 2 aromatic heterocycles. The van der Waals surface area contributed by atoms with E-state index >= 15 is 0 Å². The summed E-state index contributed by atoms with van der Waals surface area (Å²) in [7, 11) is 0. The third-order valence-electron chi connectivity index (χ3n) is 3.86. The molecule has 1 unspecified atom stereocenters. The van der Waals surface area contributed by atoms with Gasteiger partial charge in [0.15, 0.2) is 6.04 Å². The molecule has 0 fully saturated rings. The van der Waals surface area contributed by atoms with E-state index < -0.39 is 17.9 Å². The topological polar surface area (TPSA) is 101 Å². The van der Waals surface area contributed by atoms with Crippen LogP contribution in [-0.2, 0) is 4.79 Å². The van der Waals surface area contributed by atoms with Crippen LogP contribution in [0.5, 0.6) is 0 Å². The van der Waals surface area contributed by atoms with Crippen LogP contribution < -0.4 is 11.1 Å². The number of pyridine rings is 1. The van der Waals surface area contributed by atoms with E-state index in [0.29, 0.717) is 11.4 Å². The lowest BCUT2D eigenvalue weighted by atomic mass is 10.1. The number of primary amides is 1. The lowest BCUT2D eigenvalue weighted by Crippen LogP contribution is -2.38. The predicted molar refractivity (Wildman–Crippen MR) is 91.4 cm³/mol. The van der Waals surface area contributed by atoms with E-state index in [0.717, 1.165) is 22.0 Å². The summed E-state index contributed by atoms with van der Waals surface area (Å²) in [6.45, 7) is 3.98. The number of H-pyrrole nitrogens is 1. The van der Waals surface area contributed by atoms with Crippen LogP contribution in [0.1, 0.15) is 33.4 Å². The highest BCUT2D eigenvalue weighted by atomic mass is 16.2. The van der Waals surface area contributed by atoms with E-state index in [1.54, 1.807) is 30.5 Å². The van der Waals surface area contributed by atoms with E-state index in [1.807, 2.05) is 26.0 Å². The molecule has 0 saturated carbocycles. The maximum absolute atomic E-state index is 12.5. The molecule has 4 N–H and O–H groups in total. The SMILES string of the molecule is Cc1cc(C)c2[nH]c(C(=O)NC(C(N)=O)c3ccccn3)cc2c1. The lowest BCUT2D eigenvalue weighted by molar-refractivity contribution is -0.120. The molecule has 1 aromatic carbocycles. The van der Waals surface area contributed by atoms with Gasteiger partial charge in [0.1, 0.15) is 5.69 Å². The third kappa shape index (κ3) is 2.99. The van der Waals surface area contributed by atoms with Crippen LogP contribution in [0.2, 0.25) is 0 Å². The van der Waals surface area contributed by atoms with Gasteiger partial charge in [0.05, 0.1) is 5.69 Å². The summed E-state index contributed by atoms with van der Waals surface area (Å²) in [5, 5.41) is 3.59. The number of carbonyl (C=O) groups is 2. The number of nitrogens with one attached hydrogen (secondary N) is 2. The molecule has 2 heterocycles. The van der Waals surface area contributed by atoms with Gasteiger partial charge in [-0.15, -0.1) is 0 Å². The number of hydrogen-bond donors (Lipinski definition) is 3. The van der Waals surface area contributed by atoms with Gasteiger partial charge in [-0.1, -0.05) is 17.7 Å². The summed E-state index contributed by atoms with van der Waals surface area (Å²) in [6.07, 6.45) is 1.55. The Morgan fingerprint density at radius 1 is 1.21 bits per heavy atom. The second kappa shape index (κ2) is 6.16. The zero-order valence-corrected chi connectivity index (χ0v) is 13.5. The molecule has 0 bridgehead atoms. The number of nitrogens with two attached hydrogens (primary N) is 1. The van der Waals surface area contributed by atoms with Gasteiger partial charge in [0.2, 0.25) is 5.91 Å². The second-order valence-corrected chi connectivity index (χ2v) is 5.79. The molecule has 0 saturated heterocycles. The normalized spacial score (nSPS) is 12.1. The quantitative estimate of drug-likeness (QED) is 0.686. The fraction of sp³-hybridized carbons (Fsp3) is 0.167. The van der Waals surface area contributed by atoms with Crippen molar-refractivity contribution < 1.29 is 9.59 Å². The fourth-order valence-electron chi connectivity index (χ4n) is 2.78. The van der Waals surface area contributed by atoms with Crippen molar-refractivity contribution in [1.29, 1.82) is 0 Å². The Balaban J connectivity index is 1.91. The number of benzene rings is 1. The van der Waals surface area contributed by atoms with Gasteiger partial charge in [0.25, 0.3) is 5.91 Å². The average molecular weight is 322 g/mol. The zero-order chi connectivity index (χ0) is 17.3. The fourth-order valence-corrected chi connectivity index (χ4v) is 2.78. The van der Waals surface area contributed by atoms with Gasteiger partial charge in [-0.25, -0.2) is 0 Å². The van der Waals surface area contributed by atoms with E-state index in [-0.39, 0.29) is 0 Å². The standard InChI is InChI=1S/C18H18N4O2/c1-10-7-11(2)15-12(8-10)9-14(21-15)18(24)22-16(17(19)23)13-5-3-4-6-20-13/h3-9,16,21H,1-2H3,(H2,19,23)(H,22,24). The molecule has 6 heteroatoms. The number of aryl methyl sites for hydroxylation is 2. The first-order valence-corrected chi connectivity index (χ1v) is 7.57. The molecule has 122 valence electrons. The first-order valence-electron chi connectivity index (χ1n) is 7.57. The largest absolute Gasteiger partial charge is 0.368 e. The van der Waals surface area contributed by atoms with Gasteiger partial charge in [-0.05, 0) is 43.7 Å². The zero-order valence-electron chi connectivity index (χ0n) is 13.5. The summed E-state index contributed by atoms with van der Waals surface area (Å²) in [6, 6.07) is 9.94. The second-order valence-electron chi connectivity index (χ2n) is 5.79. The number of aromatic nitrogens is 2. The minimum absolute atomic E-state index is 0.376. The van der Waals surface area contributed by atoms with Crippen LogP contribution in [0.3, 0.4) is 0 Å². The van der Waals surface area contributed by atoms with Crippen LogP contribution in [0.15, 0.2) is 42.6 Å². The Kier molecular flexibility index (Phi) is 4.04. The molecular weight excluding hydrogens is 304 g/mol. The number of hydrogen-bond acceptors (Lipinski definition) is 3. The Labute approximate surface area is 139 Å². The molecule has 0 spiro atoms. The maximum Gasteiger partial charge on any atom is 0.268 e. The molecule has 3 rings (SSSR count). The highest BCUT2D eigenvalue weighted by Crippen LogP contribution is 2.21. The summed E-state index contributed by atoms with van der Waals surface area (Å²) in [5.41, 5.74) is 9.27. The van der Waals surface area contributed by atoms with Gasteiger partial charge >= 0.3 is 0 Å². The lowest BCUT2D eigenvalue weighted by Gasteiger charge is -2.14. The predicted octanol–water partition coefficient (Wildman–Crippen LogP) is 2.14. The number of amides is 2. The smallest absolute Gasteiger partial charge is 0.268 e. The first-order chi connectivity index (χ1) is 11.5. The van der Waals surface area contributed by atoms with Crippen molar-refractivity contribution in [2.24, 2.45) is 5.73 Å². The highest BCUT2D eigenvalue weighted by Gasteiger charge is 2.23. The van der Waals surface area contributed by atoms with Crippen molar-refractivity contribution in [3.05, 3.63) is 65.1 Å². The summed E-state index contributed by atoms with van der Waals surface area (Å²) < 4.78 is 0. The number of carbonyl (C=O) groups excluding carboxylic acids is 2. The molecule has 24 heavy (non-hydrogen) atoms. The Morgan fingerprint density at radius 3 is 2.67 bits per heavy atom. The Bertz CT molecular complexity index is 915. The van der Waals surface area contributed by atoms with Gasteiger partial charge < -0.3 is 16.0 Å². The van der Waals surface area contributed by atoms with E-state index in [1.165, 1.54) is 0 Å². The Hall–Kier alpha value is -3.15. The minimum Gasteiger partial charge on any atom is -0.368 e. The summed E-state index contributed by atoms with van der Waals surface area (Å²) in [5.74, 6) is -1.07. The van der Waals surface area contributed by atoms with Crippen molar-refractivity contribution in [3.8, 4) is 0 Å². The van der Waals surface area contributed by atoms with Crippen molar-refractivity contribution in [2.45, 2.75) is 19.9 Å². The van der Waals surface area contributed by atoms with E-state index in [2.05, 4.69) is 15.3 Å². The van der Waals surface area contributed by atoms with Crippen LogP contribution in [0.25, 0.3) is 10.9 Å². The molecule has 0 aliphatic carbocycles. The molecule has 3 aromatic rings. The molecule has 0 radical (unpaired) electrons. The van der Waals surface area contributed by atoms with Crippen LogP contribution in [-0.4, -0.2) is 21.8 Å². The van der Waals surface area contributed by atoms with Crippen LogP contribution in [0.4, 0.5) is 0 Å². The van der Waals surface area contributed by atoms with Crippen molar-refractivity contribution in [3.63, 3.8) is 0 Å². The Morgan fingerprint density at radius 2 is 2.00 bits per heavy atom. The highest BCUT2D eigenvalue weighted by molar-refractivity contribution is 6.00. The third-order valence-corrected chi connectivity index (χ3v) is 3.86.